The van der Waals surface area contributed by atoms with Crippen molar-refractivity contribution in [3.8, 4) is 11.5 Å². The predicted octanol–water partition coefficient (Wildman–Crippen LogP) is 1.36. The summed E-state index contributed by atoms with van der Waals surface area (Å²) in [6, 6.07) is 4.81. The normalized spacial score (nSPS) is 11.5. The highest BCUT2D eigenvalue weighted by atomic mass is 16.5. The summed E-state index contributed by atoms with van der Waals surface area (Å²) in [6.45, 7) is 1.31. The maximum atomic E-state index is 11.6. The molecule has 6 nitrogen and oxygen atoms in total. The second-order valence-corrected chi connectivity index (χ2v) is 3.65. The quantitative estimate of drug-likeness (QED) is 0.774. The molecule has 0 saturated heterocycles. The van der Waals surface area contributed by atoms with Crippen LogP contribution in [0.25, 0.3) is 0 Å². The van der Waals surface area contributed by atoms with E-state index >= 15 is 0 Å². The van der Waals surface area contributed by atoms with Crippen LogP contribution in [0, 0.1) is 5.92 Å². The van der Waals surface area contributed by atoms with Gasteiger partial charge in [0.2, 0.25) is 5.91 Å². The largest absolute Gasteiger partial charge is 0.497 e. The van der Waals surface area contributed by atoms with Crippen LogP contribution in [0.15, 0.2) is 18.2 Å². The number of amides is 1. The van der Waals surface area contributed by atoms with Gasteiger partial charge in [-0.05, 0) is 6.92 Å². The molecule has 18 heavy (non-hydrogen) atoms. The number of carboxylic acids is 1. The van der Waals surface area contributed by atoms with Gasteiger partial charge in [0, 0.05) is 23.9 Å². The fraction of sp³-hybridized carbons (Fsp3) is 0.333. The zero-order valence-corrected chi connectivity index (χ0v) is 10.4. The number of nitrogens with one attached hydrogen (secondary N) is 1. The maximum Gasteiger partial charge on any atom is 0.315 e. The summed E-state index contributed by atoms with van der Waals surface area (Å²) in [4.78, 5) is 22.2. The molecule has 6 heteroatoms. The second-order valence-electron chi connectivity index (χ2n) is 3.65. The number of rotatable bonds is 5. The minimum Gasteiger partial charge on any atom is -0.497 e. The Balaban J connectivity index is 2.90. The van der Waals surface area contributed by atoms with E-state index in [1.807, 2.05) is 0 Å². The molecule has 0 bridgehead atoms. The van der Waals surface area contributed by atoms with Gasteiger partial charge in [-0.15, -0.1) is 0 Å². The van der Waals surface area contributed by atoms with Gasteiger partial charge in [-0.3, -0.25) is 9.59 Å². The van der Waals surface area contributed by atoms with Crippen LogP contribution in [0.3, 0.4) is 0 Å². The van der Waals surface area contributed by atoms with Crippen molar-refractivity contribution in [3.05, 3.63) is 18.2 Å². The van der Waals surface area contributed by atoms with Crippen LogP contribution in [0.4, 0.5) is 5.69 Å². The van der Waals surface area contributed by atoms with Crippen LogP contribution in [0.1, 0.15) is 6.92 Å². The van der Waals surface area contributed by atoms with Gasteiger partial charge in [0.25, 0.3) is 0 Å². The van der Waals surface area contributed by atoms with E-state index in [1.54, 1.807) is 18.2 Å². The highest BCUT2D eigenvalue weighted by Crippen LogP contribution is 2.26. The number of carboxylic acid groups (broad SMARTS) is 1. The molecule has 0 fully saturated rings. The Labute approximate surface area is 105 Å². The number of benzene rings is 1. The fourth-order valence-electron chi connectivity index (χ4n) is 1.24. The first-order chi connectivity index (χ1) is 8.47. The Bertz CT molecular complexity index is 436. The third kappa shape index (κ3) is 3.38. The van der Waals surface area contributed by atoms with E-state index in [0.29, 0.717) is 17.2 Å². The predicted molar refractivity (Wildman–Crippen MR) is 65.0 cm³/mol. The van der Waals surface area contributed by atoms with Crippen LogP contribution in [0.2, 0.25) is 0 Å². The number of methoxy groups -OCH3 is 2. The van der Waals surface area contributed by atoms with Crippen LogP contribution >= 0.6 is 0 Å². The van der Waals surface area contributed by atoms with E-state index in [0.717, 1.165) is 0 Å². The average Bonchev–Trinajstić information content (AvgIpc) is 2.36. The standard InChI is InChI=1S/C12H15NO5/c1-7(12(15)16)11(14)13-8-4-9(17-2)6-10(5-8)18-3/h4-7H,1-3H3,(H,13,14)(H,15,16). The van der Waals surface area contributed by atoms with E-state index in [-0.39, 0.29) is 0 Å². The molecule has 1 amide bonds. The highest BCUT2D eigenvalue weighted by molar-refractivity contribution is 6.03. The number of anilines is 1. The van der Waals surface area contributed by atoms with Crippen molar-refractivity contribution in [2.75, 3.05) is 19.5 Å². The molecular weight excluding hydrogens is 238 g/mol. The first-order valence-corrected chi connectivity index (χ1v) is 5.24. The summed E-state index contributed by atoms with van der Waals surface area (Å²) in [5.74, 6) is -1.89. The summed E-state index contributed by atoms with van der Waals surface area (Å²) in [5, 5.41) is 11.2. The molecule has 98 valence electrons. The molecule has 0 aromatic heterocycles. The summed E-state index contributed by atoms with van der Waals surface area (Å²) in [7, 11) is 2.97. The molecule has 1 rings (SSSR count). The van der Waals surface area contributed by atoms with E-state index in [1.165, 1.54) is 21.1 Å². The molecule has 2 N–H and O–H groups in total. The topological polar surface area (TPSA) is 84.9 Å². The van der Waals surface area contributed by atoms with Gasteiger partial charge >= 0.3 is 5.97 Å². The lowest BCUT2D eigenvalue weighted by atomic mass is 10.1. The number of aliphatic carboxylic acids is 1. The Hall–Kier alpha value is -2.24. The first-order valence-electron chi connectivity index (χ1n) is 5.24. The summed E-state index contributed by atoms with van der Waals surface area (Å²) in [5.41, 5.74) is 0.421. The van der Waals surface area contributed by atoms with E-state index in [9.17, 15) is 9.59 Å². The smallest absolute Gasteiger partial charge is 0.315 e. The van der Waals surface area contributed by atoms with E-state index < -0.39 is 17.8 Å². The summed E-state index contributed by atoms with van der Waals surface area (Å²) in [6.07, 6.45) is 0. The van der Waals surface area contributed by atoms with Gasteiger partial charge in [-0.2, -0.15) is 0 Å². The van der Waals surface area contributed by atoms with Gasteiger partial charge in [-0.25, -0.2) is 0 Å². The molecule has 1 unspecified atom stereocenters. The lowest BCUT2D eigenvalue weighted by Crippen LogP contribution is -2.26. The fourth-order valence-corrected chi connectivity index (χ4v) is 1.24. The average molecular weight is 253 g/mol. The Morgan fingerprint density at radius 3 is 2.06 bits per heavy atom. The molecule has 0 heterocycles. The number of ether oxygens (including phenoxy) is 2. The minimum absolute atomic E-state index is 0.421. The Morgan fingerprint density at radius 1 is 1.17 bits per heavy atom. The summed E-state index contributed by atoms with van der Waals surface area (Å²) < 4.78 is 10.1. The van der Waals surface area contributed by atoms with Crippen molar-refractivity contribution >= 4 is 17.6 Å². The molecule has 0 aliphatic heterocycles. The molecule has 0 aliphatic rings. The van der Waals surface area contributed by atoms with Crippen LogP contribution in [-0.2, 0) is 9.59 Å². The SMILES string of the molecule is COc1cc(NC(=O)C(C)C(=O)O)cc(OC)c1. The lowest BCUT2D eigenvalue weighted by molar-refractivity contribution is -0.144. The van der Waals surface area contributed by atoms with Gasteiger partial charge in [0.05, 0.1) is 14.2 Å². The Kier molecular flexibility index (Phi) is 4.53. The Morgan fingerprint density at radius 2 is 1.67 bits per heavy atom. The molecule has 0 spiro atoms. The molecular formula is C12H15NO5. The number of hydrogen-bond acceptors (Lipinski definition) is 4. The van der Waals surface area contributed by atoms with Gasteiger partial charge < -0.3 is 19.9 Å². The minimum atomic E-state index is -1.18. The zero-order valence-electron chi connectivity index (χ0n) is 10.4. The molecule has 0 radical (unpaired) electrons. The molecule has 1 aromatic rings. The van der Waals surface area contributed by atoms with E-state index in [2.05, 4.69) is 5.32 Å². The van der Waals surface area contributed by atoms with Crippen molar-refractivity contribution in [1.29, 1.82) is 0 Å². The lowest BCUT2D eigenvalue weighted by Gasteiger charge is -2.11. The second kappa shape index (κ2) is 5.90. The monoisotopic (exact) mass is 253 g/mol. The van der Waals surface area contributed by atoms with Crippen molar-refractivity contribution in [1.82, 2.24) is 0 Å². The maximum absolute atomic E-state index is 11.6. The molecule has 0 aliphatic carbocycles. The third-order valence-corrected chi connectivity index (χ3v) is 2.38. The number of carbonyl (C=O) groups is 2. The third-order valence-electron chi connectivity index (χ3n) is 2.38. The molecule has 1 atom stereocenters. The van der Waals surface area contributed by atoms with Crippen molar-refractivity contribution < 1.29 is 24.2 Å². The van der Waals surface area contributed by atoms with Crippen LogP contribution < -0.4 is 14.8 Å². The number of carbonyl (C=O) groups excluding carboxylic acids is 1. The summed E-state index contributed by atoms with van der Waals surface area (Å²) >= 11 is 0. The van der Waals surface area contributed by atoms with Crippen molar-refractivity contribution in [3.63, 3.8) is 0 Å². The zero-order chi connectivity index (χ0) is 13.7. The number of hydrogen-bond donors (Lipinski definition) is 2. The van der Waals surface area contributed by atoms with Gasteiger partial charge in [-0.1, -0.05) is 0 Å². The van der Waals surface area contributed by atoms with Crippen molar-refractivity contribution in [2.45, 2.75) is 6.92 Å². The first kappa shape index (κ1) is 13.8. The van der Waals surface area contributed by atoms with Gasteiger partial charge in [0.15, 0.2) is 0 Å². The van der Waals surface area contributed by atoms with Crippen LogP contribution in [0.5, 0.6) is 11.5 Å². The van der Waals surface area contributed by atoms with Gasteiger partial charge in [0.1, 0.15) is 17.4 Å². The van der Waals surface area contributed by atoms with Crippen LogP contribution in [-0.4, -0.2) is 31.2 Å². The molecule has 0 saturated carbocycles. The highest BCUT2D eigenvalue weighted by Gasteiger charge is 2.20. The van der Waals surface area contributed by atoms with Crippen molar-refractivity contribution in [2.24, 2.45) is 5.92 Å². The van der Waals surface area contributed by atoms with E-state index in [4.69, 9.17) is 14.6 Å². The molecule has 1 aromatic carbocycles.